The van der Waals surface area contributed by atoms with E-state index in [4.69, 9.17) is 16.9 Å². The molecule has 0 aliphatic rings. The van der Waals surface area contributed by atoms with Gasteiger partial charge in [0, 0.05) is 10.9 Å². The predicted octanol–water partition coefficient (Wildman–Crippen LogP) is 4.24. The van der Waals surface area contributed by atoms with Gasteiger partial charge in [0.05, 0.1) is 23.2 Å². The first-order chi connectivity index (χ1) is 10.4. The van der Waals surface area contributed by atoms with E-state index in [0.29, 0.717) is 0 Å². The number of alkyl halides is 4. The monoisotopic (exact) mass is 344 g/mol. The molecule has 22 heavy (non-hydrogen) atoms. The quantitative estimate of drug-likeness (QED) is 0.779. The number of thiazole rings is 1. The minimum atomic E-state index is -4.45. The van der Waals surface area contributed by atoms with Gasteiger partial charge < -0.3 is 0 Å². The zero-order chi connectivity index (χ0) is 16.3. The first kappa shape index (κ1) is 16.5. The van der Waals surface area contributed by atoms with Gasteiger partial charge in [-0.1, -0.05) is 12.1 Å². The highest BCUT2D eigenvalue weighted by atomic mass is 35.5. The molecule has 0 bridgehead atoms. The van der Waals surface area contributed by atoms with E-state index in [2.05, 4.69) is 4.98 Å². The maximum atomic E-state index is 12.7. The van der Waals surface area contributed by atoms with Crippen molar-refractivity contribution in [2.45, 2.75) is 12.1 Å². The lowest BCUT2D eigenvalue weighted by Crippen LogP contribution is -2.11. The number of carbonyl (C=O) groups is 1. The van der Waals surface area contributed by atoms with Crippen LogP contribution >= 0.6 is 22.9 Å². The van der Waals surface area contributed by atoms with Gasteiger partial charge in [0.2, 0.25) is 0 Å². The molecule has 1 heterocycles. The Labute approximate surface area is 133 Å². The molecule has 1 aromatic heterocycles. The van der Waals surface area contributed by atoms with Gasteiger partial charge in [0.1, 0.15) is 5.01 Å². The van der Waals surface area contributed by atoms with Gasteiger partial charge >= 0.3 is 6.18 Å². The number of benzene rings is 1. The molecule has 114 valence electrons. The molecule has 0 saturated carbocycles. The zero-order valence-electron chi connectivity index (χ0n) is 10.9. The van der Waals surface area contributed by atoms with Crippen LogP contribution in [0.15, 0.2) is 29.6 Å². The minimum Gasteiger partial charge on any atom is -0.296 e. The summed E-state index contributed by atoms with van der Waals surface area (Å²) in [5.41, 5.74) is -0.228. The predicted molar refractivity (Wildman–Crippen MR) is 76.6 cm³/mol. The van der Waals surface area contributed by atoms with Crippen molar-refractivity contribution in [2.24, 2.45) is 0 Å². The molecule has 0 spiro atoms. The van der Waals surface area contributed by atoms with E-state index in [1.54, 1.807) is 6.07 Å². The highest BCUT2D eigenvalue weighted by molar-refractivity contribution is 7.10. The van der Waals surface area contributed by atoms with Crippen molar-refractivity contribution in [1.82, 2.24) is 4.98 Å². The highest BCUT2D eigenvalue weighted by Crippen LogP contribution is 2.33. The van der Waals surface area contributed by atoms with Gasteiger partial charge in [-0.25, -0.2) is 4.98 Å². The second-order valence-corrected chi connectivity index (χ2v) is 5.47. The lowest BCUT2D eigenvalue weighted by Gasteiger charge is -2.07. The van der Waals surface area contributed by atoms with Gasteiger partial charge in [-0.3, -0.25) is 4.79 Å². The molecule has 2 rings (SSSR count). The number of halogens is 4. The first-order valence-electron chi connectivity index (χ1n) is 5.98. The molecule has 0 N–H and O–H groups in total. The van der Waals surface area contributed by atoms with Gasteiger partial charge in [0.25, 0.3) is 0 Å². The second kappa shape index (κ2) is 6.46. The maximum absolute atomic E-state index is 12.7. The Hall–Kier alpha value is -1.91. The molecule has 8 heteroatoms. The molecule has 0 radical (unpaired) electrons. The van der Waals surface area contributed by atoms with E-state index in [1.807, 2.05) is 0 Å². The fourth-order valence-corrected chi connectivity index (χ4v) is 2.80. The van der Waals surface area contributed by atoms with Gasteiger partial charge in [-0.05, 0) is 12.1 Å². The molecule has 1 unspecified atom stereocenters. The number of Topliss-reactive ketones (excluding diaryl/α,β-unsaturated/α-hetero) is 1. The van der Waals surface area contributed by atoms with Gasteiger partial charge in [-0.2, -0.15) is 18.4 Å². The van der Waals surface area contributed by atoms with E-state index >= 15 is 0 Å². The standard InChI is InChI=1S/C14H8ClF3N2OS/c15-5-12(21)10(6-19)13-20-11(7-22-13)8-2-1-3-9(4-8)14(16,17)18/h1-4,7,10H,5H2. The average Bonchev–Trinajstić information content (AvgIpc) is 2.96. The molecular formula is C14H8ClF3N2OS. The van der Waals surface area contributed by atoms with Crippen LogP contribution in [0.4, 0.5) is 13.2 Å². The molecule has 0 amide bonds. The largest absolute Gasteiger partial charge is 0.416 e. The van der Waals surface area contributed by atoms with Crippen LogP contribution < -0.4 is 0 Å². The Morgan fingerprint density at radius 3 is 2.77 bits per heavy atom. The van der Waals surface area contributed by atoms with Crippen molar-refractivity contribution in [3.8, 4) is 17.3 Å². The van der Waals surface area contributed by atoms with Crippen LogP contribution in [-0.2, 0) is 11.0 Å². The third kappa shape index (κ3) is 3.46. The number of nitrogens with zero attached hydrogens (tertiary/aromatic N) is 2. The van der Waals surface area contributed by atoms with Crippen LogP contribution in [0.5, 0.6) is 0 Å². The van der Waals surface area contributed by atoms with E-state index in [-0.39, 0.29) is 22.1 Å². The molecule has 1 atom stereocenters. The summed E-state index contributed by atoms with van der Waals surface area (Å²) in [6.45, 7) is 0. The average molecular weight is 345 g/mol. The summed E-state index contributed by atoms with van der Waals surface area (Å²) in [5.74, 6) is -1.91. The second-order valence-electron chi connectivity index (χ2n) is 4.31. The number of rotatable bonds is 4. The molecule has 3 nitrogen and oxygen atoms in total. The van der Waals surface area contributed by atoms with Crippen molar-refractivity contribution in [3.63, 3.8) is 0 Å². The molecule has 0 saturated heterocycles. The van der Waals surface area contributed by atoms with E-state index < -0.39 is 23.4 Å². The smallest absolute Gasteiger partial charge is 0.296 e. The number of carbonyl (C=O) groups excluding carboxylic acids is 1. The minimum absolute atomic E-state index is 0.223. The number of ketones is 1. The Bertz CT molecular complexity index is 736. The normalized spacial score (nSPS) is 12.7. The third-order valence-corrected chi connectivity index (χ3v) is 4.01. The van der Waals surface area contributed by atoms with Crippen molar-refractivity contribution in [1.29, 1.82) is 5.26 Å². The fraction of sp³-hybridized carbons (Fsp3) is 0.214. The lowest BCUT2D eigenvalue weighted by atomic mass is 10.1. The van der Waals surface area contributed by atoms with Crippen molar-refractivity contribution in [2.75, 3.05) is 5.88 Å². The summed E-state index contributed by atoms with van der Waals surface area (Å²) in [7, 11) is 0. The molecule has 0 aliphatic carbocycles. The first-order valence-corrected chi connectivity index (χ1v) is 7.39. The third-order valence-electron chi connectivity index (χ3n) is 2.84. The highest BCUT2D eigenvalue weighted by Gasteiger charge is 2.30. The summed E-state index contributed by atoms with van der Waals surface area (Å²) in [6.07, 6.45) is -4.45. The van der Waals surface area contributed by atoms with Crippen LogP contribution in [0, 0.1) is 11.3 Å². The Morgan fingerprint density at radius 2 is 2.18 bits per heavy atom. The van der Waals surface area contributed by atoms with Crippen LogP contribution in [0.25, 0.3) is 11.3 Å². The van der Waals surface area contributed by atoms with Crippen molar-refractivity contribution < 1.29 is 18.0 Å². The molecule has 0 fully saturated rings. The number of aromatic nitrogens is 1. The van der Waals surface area contributed by atoms with E-state index in [1.165, 1.54) is 17.5 Å². The van der Waals surface area contributed by atoms with Crippen LogP contribution in [0.2, 0.25) is 0 Å². The van der Waals surface area contributed by atoms with E-state index in [9.17, 15) is 18.0 Å². The lowest BCUT2D eigenvalue weighted by molar-refractivity contribution is -0.137. The molecule has 0 aliphatic heterocycles. The summed E-state index contributed by atoms with van der Waals surface area (Å²) < 4.78 is 38.1. The summed E-state index contributed by atoms with van der Waals surface area (Å²) in [5, 5.41) is 10.7. The van der Waals surface area contributed by atoms with Crippen LogP contribution in [-0.4, -0.2) is 16.6 Å². The fourth-order valence-electron chi connectivity index (χ4n) is 1.75. The van der Waals surface area contributed by atoms with Crippen molar-refractivity contribution >= 4 is 28.7 Å². The molecular weight excluding hydrogens is 337 g/mol. The number of hydrogen-bond acceptors (Lipinski definition) is 4. The van der Waals surface area contributed by atoms with Gasteiger partial charge in [-0.15, -0.1) is 22.9 Å². The Morgan fingerprint density at radius 1 is 1.45 bits per heavy atom. The van der Waals surface area contributed by atoms with Crippen LogP contribution in [0.1, 0.15) is 16.5 Å². The summed E-state index contributed by atoms with van der Waals surface area (Å²) in [6, 6.07) is 6.51. The summed E-state index contributed by atoms with van der Waals surface area (Å²) >= 11 is 6.46. The number of hydrogen-bond donors (Lipinski definition) is 0. The van der Waals surface area contributed by atoms with Gasteiger partial charge in [0.15, 0.2) is 11.7 Å². The Kier molecular flexibility index (Phi) is 4.84. The Balaban J connectivity index is 2.37. The number of nitriles is 1. The van der Waals surface area contributed by atoms with Crippen molar-refractivity contribution in [3.05, 3.63) is 40.2 Å². The van der Waals surface area contributed by atoms with Crippen LogP contribution in [0.3, 0.4) is 0 Å². The molecule has 2 aromatic rings. The molecule has 1 aromatic carbocycles. The maximum Gasteiger partial charge on any atom is 0.416 e. The SMILES string of the molecule is N#CC(C(=O)CCl)c1nc(-c2cccc(C(F)(F)F)c2)cs1. The summed E-state index contributed by atoms with van der Waals surface area (Å²) in [4.78, 5) is 15.6. The zero-order valence-corrected chi connectivity index (χ0v) is 12.5. The van der Waals surface area contributed by atoms with E-state index in [0.717, 1.165) is 23.5 Å². The topological polar surface area (TPSA) is 53.8 Å².